The van der Waals surface area contributed by atoms with Gasteiger partial charge in [0.05, 0.1) is 6.04 Å². The number of hydrogen-bond acceptors (Lipinski definition) is 5. The second-order valence-corrected chi connectivity index (χ2v) is 9.56. The number of benzene rings is 1. The topological polar surface area (TPSA) is 84.9 Å². The van der Waals surface area contributed by atoms with Gasteiger partial charge < -0.3 is 19.7 Å². The van der Waals surface area contributed by atoms with Crippen molar-refractivity contribution in [2.45, 2.75) is 84.1 Å². The molecule has 7 heteroatoms. The average Bonchev–Trinajstić information content (AvgIpc) is 2.63. The highest BCUT2D eigenvalue weighted by Gasteiger charge is 2.40. The van der Waals surface area contributed by atoms with E-state index in [9.17, 15) is 14.4 Å². The first-order valence-corrected chi connectivity index (χ1v) is 10.4. The van der Waals surface area contributed by atoms with Crippen molar-refractivity contribution >= 4 is 18.0 Å². The molecule has 1 aliphatic rings. The van der Waals surface area contributed by atoms with Crippen molar-refractivity contribution in [3.63, 3.8) is 0 Å². The monoisotopic (exact) mass is 418 g/mol. The molecule has 1 heterocycles. The Kier molecular flexibility index (Phi) is 7.50. The number of nitrogens with zero attached hydrogens (tertiary/aromatic N) is 1. The molecule has 7 nitrogen and oxygen atoms in total. The molecular formula is C23H34N2O5. The van der Waals surface area contributed by atoms with Crippen molar-refractivity contribution in [1.82, 2.24) is 10.2 Å². The summed E-state index contributed by atoms with van der Waals surface area (Å²) < 4.78 is 10.8. The normalized spacial score (nSPS) is 19.7. The number of rotatable bonds is 4. The molecule has 2 atom stereocenters. The molecule has 2 unspecified atom stereocenters. The molecule has 0 radical (unpaired) electrons. The summed E-state index contributed by atoms with van der Waals surface area (Å²) >= 11 is 0. The molecule has 1 aromatic rings. The van der Waals surface area contributed by atoms with Crippen LogP contribution < -0.4 is 5.32 Å². The fourth-order valence-corrected chi connectivity index (χ4v) is 3.50. The van der Waals surface area contributed by atoms with Crippen LogP contribution in [0.4, 0.5) is 4.79 Å². The van der Waals surface area contributed by atoms with Crippen LogP contribution in [0.5, 0.6) is 0 Å². The molecule has 1 aliphatic heterocycles. The van der Waals surface area contributed by atoms with Crippen LogP contribution in [-0.4, -0.2) is 46.7 Å². The molecule has 1 saturated heterocycles. The molecule has 0 aromatic heterocycles. The molecule has 1 aromatic carbocycles. The van der Waals surface area contributed by atoms with Crippen LogP contribution >= 0.6 is 0 Å². The fraction of sp³-hybridized carbons (Fsp3) is 0.609. The van der Waals surface area contributed by atoms with E-state index < -0.39 is 29.3 Å². The minimum absolute atomic E-state index is 0.252. The van der Waals surface area contributed by atoms with Gasteiger partial charge >= 0.3 is 12.1 Å². The number of esters is 1. The van der Waals surface area contributed by atoms with E-state index in [1.165, 1.54) is 0 Å². The first-order valence-electron chi connectivity index (χ1n) is 10.4. The summed E-state index contributed by atoms with van der Waals surface area (Å²) in [5.41, 5.74) is -0.360. The molecular weight excluding hydrogens is 384 g/mol. The predicted octanol–water partition coefficient (Wildman–Crippen LogP) is 3.98. The lowest BCUT2D eigenvalue weighted by molar-refractivity contribution is -0.168. The molecule has 0 aliphatic carbocycles. The van der Waals surface area contributed by atoms with Crippen LogP contribution in [0.2, 0.25) is 0 Å². The van der Waals surface area contributed by atoms with Gasteiger partial charge in [-0.15, -0.1) is 0 Å². The lowest BCUT2D eigenvalue weighted by Gasteiger charge is -2.42. The largest absolute Gasteiger partial charge is 0.458 e. The van der Waals surface area contributed by atoms with E-state index in [0.29, 0.717) is 6.42 Å². The van der Waals surface area contributed by atoms with Crippen LogP contribution in [0.15, 0.2) is 30.3 Å². The van der Waals surface area contributed by atoms with E-state index >= 15 is 0 Å². The summed E-state index contributed by atoms with van der Waals surface area (Å²) in [5, 5.41) is 2.51. The second-order valence-electron chi connectivity index (χ2n) is 9.56. The maximum Gasteiger partial charge on any atom is 0.408 e. The molecule has 0 bridgehead atoms. The Morgan fingerprint density at radius 2 is 1.57 bits per heavy atom. The number of ether oxygens (including phenoxy) is 2. The maximum atomic E-state index is 13.2. The SMILES string of the molecule is CC(C)(C)OC(=O)NCC(=O)N1C(C(=O)OC(C)(C)C)CCCC1c1ccccc1. The number of carbonyl (C=O) groups excluding carboxylic acids is 3. The van der Waals surface area contributed by atoms with Crippen LogP contribution in [0, 0.1) is 0 Å². The summed E-state index contributed by atoms with van der Waals surface area (Å²) in [7, 11) is 0. The number of alkyl carbamates (subject to hydrolysis) is 1. The molecule has 0 saturated carbocycles. The Balaban J connectivity index is 2.23. The van der Waals surface area contributed by atoms with Gasteiger partial charge in [-0.2, -0.15) is 0 Å². The van der Waals surface area contributed by atoms with Gasteiger partial charge in [0.2, 0.25) is 5.91 Å². The number of amides is 2. The van der Waals surface area contributed by atoms with Gasteiger partial charge in [0.15, 0.2) is 0 Å². The minimum atomic E-state index is -0.698. The van der Waals surface area contributed by atoms with E-state index in [4.69, 9.17) is 9.47 Å². The summed E-state index contributed by atoms with van der Waals surface area (Å²) in [5.74, 6) is -0.765. The molecule has 30 heavy (non-hydrogen) atoms. The van der Waals surface area contributed by atoms with Gasteiger partial charge in [-0.25, -0.2) is 9.59 Å². The van der Waals surface area contributed by atoms with Crippen molar-refractivity contribution in [3.8, 4) is 0 Å². The Labute approximate surface area is 179 Å². The van der Waals surface area contributed by atoms with E-state index in [1.807, 2.05) is 30.3 Å². The average molecular weight is 419 g/mol. The van der Waals surface area contributed by atoms with Crippen molar-refractivity contribution in [2.75, 3.05) is 6.54 Å². The summed E-state index contributed by atoms with van der Waals surface area (Å²) in [6.07, 6.45) is 1.39. The summed E-state index contributed by atoms with van der Waals surface area (Å²) in [4.78, 5) is 39.7. The highest BCUT2D eigenvalue weighted by atomic mass is 16.6. The first-order chi connectivity index (χ1) is 13.9. The number of carbonyl (C=O) groups is 3. The molecule has 2 rings (SSSR count). The van der Waals surface area contributed by atoms with Crippen molar-refractivity contribution in [2.24, 2.45) is 0 Å². The Morgan fingerprint density at radius 1 is 0.967 bits per heavy atom. The van der Waals surface area contributed by atoms with E-state index in [2.05, 4.69) is 5.32 Å². The zero-order chi connectivity index (χ0) is 22.5. The Hall–Kier alpha value is -2.57. The second kappa shape index (κ2) is 9.49. The number of hydrogen-bond donors (Lipinski definition) is 1. The van der Waals surface area contributed by atoms with Gasteiger partial charge in [0, 0.05) is 0 Å². The quantitative estimate of drug-likeness (QED) is 0.748. The highest BCUT2D eigenvalue weighted by Crippen LogP contribution is 2.35. The van der Waals surface area contributed by atoms with Crippen LogP contribution in [0.1, 0.15) is 72.4 Å². The Morgan fingerprint density at radius 3 is 2.13 bits per heavy atom. The van der Waals surface area contributed by atoms with Crippen LogP contribution in [0.25, 0.3) is 0 Å². The number of nitrogens with one attached hydrogen (secondary N) is 1. The van der Waals surface area contributed by atoms with Crippen molar-refractivity contribution in [1.29, 1.82) is 0 Å². The van der Waals surface area contributed by atoms with E-state index in [1.54, 1.807) is 46.4 Å². The highest BCUT2D eigenvalue weighted by molar-refractivity contribution is 5.88. The minimum Gasteiger partial charge on any atom is -0.458 e. The van der Waals surface area contributed by atoms with Gasteiger partial charge in [0.1, 0.15) is 23.8 Å². The third-order valence-corrected chi connectivity index (χ3v) is 4.56. The summed E-state index contributed by atoms with van der Waals surface area (Å²) in [6.45, 7) is 10.4. The lowest BCUT2D eigenvalue weighted by Crippen LogP contribution is -2.54. The van der Waals surface area contributed by atoms with Crippen molar-refractivity contribution in [3.05, 3.63) is 35.9 Å². The summed E-state index contributed by atoms with van der Waals surface area (Å²) in [6, 6.07) is 8.67. The maximum absolute atomic E-state index is 13.2. The molecule has 166 valence electrons. The lowest BCUT2D eigenvalue weighted by atomic mass is 9.90. The van der Waals surface area contributed by atoms with Crippen molar-refractivity contribution < 1.29 is 23.9 Å². The zero-order valence-electron chi connectivity index (χ0n) is 18.9. The van der Waals surface area contributed by atoms with E-state index in [0.717, 1.165) is 18.4 Å². The van der Waals surface area contributed by atoms with Gasteiger partial charge in [0.25, 0.3) is 0 Å². The molecule has 2 amide bonds. The first kappa shape index (κ1) is 23.7. The predicted molar refractivity (Wildman–Crippen MR) is 114 cm³/mol. The number of likely N-dealkylation sites (tertiary alicyclic amines) is 1. The zero-order valence-corrected chi connectivity index (χ0v) is 18.9. The smallest absolute Gasteiger partial charge is 0.408 e. The number of piperidine rings is 1. The van der Waals surface area contributed by atoms with Gasteiger partial charge in [-0.1, -0.05) is 30.3 Å². The fourth-order valence-electron chi connectivity index (χ4n) is 3.50. The molecule has 0 spiro atoms. The molecule has 1 N–H and O–H groups in total. The Bertz CT molecular complexity index is 749. The standard InChI is InChI=1S/C23H34N2O5/c1-22(2,3)29-20(27)18-14-10-13-17(16-11-8-7-9-12-16)25(18)19(26)15-24-21(28)30-23(4,5)6/h7-9,11-12,17-18H,10,13-15H2,1-6H3,(H,24,28). The molecule has 1 fully saturated rings. The van der Waals surface area contributed by atoms with Gasteiger partial charge in [-0.05, 0) is 66.4 Å². The van der Waals surface area contributed by atoms with Crippen LogP contribution in [0.3, 0.4) is 0 Å². The van der Waals surface area contributed by atoms with Gasteiger partial charge in [-0.3, -0.25) is 4.79 Å². The van der Waals surface area contributed by atoms with Crippen LogP contribution in [-0.2, 0) is 19.1 Å². The van der Waals surface area contributed by atoms with E-state index in [-0.39, 0.29) is 18.5 Å². The third kappa shape index (κ3) is 7.04. The third-order valence-electron chi connectivity index (χ3n) is 4.56.